The third kappa shape index (κ3) is 4.03. The SMILES string of the molecule is CCCN(CC)CCNC(=O)c1nonc1N. The largest absolute Gasteiger partial charge is 0.379 e. The average Bonchev–Trinajstić information content (AvgIpc) is 2.74. The topological polar surface area (TPSA) is 97.3 Å². The van der Waals surface area contributed by atoms with Crippen LogP contribution in [0.1, 0.15) is 30.8 Å². The molecule has 0 aliphatic rings. The number of aromatic nitrogens is 2. The molecule has 0 unspecified atom stereocenters. The number of nitrogens with one attached hydrogen (secondary N) is 1. The zero-order valence-electron chi connectivity index (χ0n) is 10.3. The molecular formula is C10H19N5O2. The fourth-order valence-corrected chi connectivity index (χ4v) is 1.51. The zero-order valence-corrected chi connectivity index (χ0v) is 10.3. The van der Waals surface area contributed by atoms with Crippen molar-refractivity contribution in [2.75, 3.05) is 31.9 Å². The number of hydrogen-bond acceptors (Lipinski definition) is 6. The first-order valence-corrected chi connectivity index (χ1v) is 5.77. The number of nitrogen functional groups attached to an aromatic ring is 1. The van der Waals surface area contributed by atoms with Crippen LogP contribution in [0.15, 0.2) is 4.63 Å². The number of rotatable bonds is 7. The van der Waals surface area contributed by atoms with Gasteiger partial charge in [0.2, 0.25) is 11.5 Å². The van der Waals surface area contributed by atoms with Crippen LogP contribution in [0.4, 0.5) is 5.82 Å². The van der Waals surface area contributed by atoms with Crippen molar-refractivity contribution in [3.05, 3.63) is 5.69 Å². The Morgan fingerprint density at radius 3 is 2.71 bits per heavy atom. The van der Waals surface area contributed by atoms with Crippen molar-refractivity contribution in [2.24, 2.45) is 0 Å². The summed E-state index contributed by atoms with van der Waals surface area (Å²) < 4.78 is 4.36. The summed E-state index contributed by atoms with van der Waals surface area (Å²) in [7, 11) is 0. The number of carbonyl (C=O) groups excluding carboxylic acids is 1. The van der Waals surface area contributed by atoms with Gasteiger partial charge in [-0.1, -0.05) is 13.8 Å². The normalized spacial score (nSPS) is 10.8. The Labute approximate surface area is 100 Å². The van der Waals surface area contributed by atoms with E-state index in [4.69, 9.17) is 5.73 Å². The minimum Gasteiger partial charge on any atom is -0.379 e. The number of carbonyl (C=O) groups is 1. The van der Waals surface area contributed by atoms with Crippen molar-refractivity contribution in [3.63, 3.8) is 0 Å². The second-order valence-corrected chi connectivity index (χ2v) is 3.69. The monoisotopic (exact) mass is 241 g/mol. The minimum absolute atomic E-state index is 0.0170. The standard InChI is InChI=1S/C10H19N5O2/c1-3-6-15(4-2)7-5-12-10(16)8-9(11)14-17-13-8/h3-7H2,1-2H3,(H2,11,14)(H,12,16). The van der Waals surface area contributed by atoms with E-state index >= 15 is 0 Å². The van der Waals surface area contributed by atoms with Gasteiger partial charge in [0.25, 0.3) is 5.91 Å². The Kier molecular flexibility index (Phi) is 5.41. The Hall–Kier alpha value is -1.63. The summed E-state index contributed by atoms with van der Waals surface area (Å²) in [5.41, 5.74) is 5.45. The maximum atomic E-state index is 11.6. The van der Waals surface area contributed by atoms with E-state index in [0.29, 0.717) is 6.54 Å². The van der Waals surface area contributed by atoms with Crippen LogP contribution in [-0.4, -0.2) is 47.3 Å². The molecule has 0 atom stereocenters. The highest BCUT2D eigenvalue weighted by atomic mass is 16.6. The minimum atomic E-state index is -0.351. The van der Waals surface area contributed by atoms with Gasteiger partial charge in [-0.15, -0.1) is 0 Å². The van der Waals surface area contributed by atoms with Gasteiger partial charge in [-0.3, -0.25) is 4.79 Å². The fraction of sp³-hybridized carbons (Fsp3) is 0.700. The van der Waals surface area contributed by atoms with Gasteiger partial charge in [-0.2, -0.15) is 0 Å². The van der Waals surface area contributed by atoms with E-state index in [2.05, 4.69) is 39.0 Å². The van der Waals surface area contributed by atoms with Crippen LogP contribution in [0.3, 0.4) is 0 Å². The van der Waals surface area contributed by atoms with Gasteiger partial charge < -0.3 is 16.0 Å². The van der Waals surface area contributed by atoms with Gasteiger partial charge in [0.1, 0.15) is 0 Å². The molecule has 3 N–H and O–H groups in total. The number of anilines is 1. The molecule has 0 saturated carbocycles. The molecule has 96 valence electrons. The molecule has 0 spiro atoms. The molecule has 17 heavy (non-hydrogen) atoms. The molecule has 0 radical (unpaired) electrons. The maximum Gasteiger partial charge on any atom is 0.277 e. The Morgan fingerprint density at radius 2 is 2.18 bits per heavy atom. The van der Waals surface area contributed by atoms with Gasteiger partial charge in [-0.05, 0) is 29.8 Å². The summed E-state index contributed by atoms with van der Waals surface area (Å²) in [6.07, 6.45) is 1.10. The third-order valence-corrected chi connectivity index (χ3v) is 2.43. The van der Waals surface area contributed by atoms with Crippen LogP contribution in [-0.2, 0) is 0 Å². The van der Waals surface area contributed by atoms with E-state index in [-0.39, 0.29) is 17.4 Å². The molecule has 1 amide bonds. The van der Waals surface area contributed by atoms with Crippen molar-refractivity contribution >= 4 is 11.7 Å². The lowest BCUT2D eigenvalue weighted by atomic mass is 10.3. The highest BCUT2D eigenvalue weighted by Gasteiger charge is 2.15. The average molecular weight is 241 g/mol. The smallest absolute Gasteiger partial charge is 0.277 e. The van der Waals surface area contributed by atoms with Crippen LogP contribution in [0.25, 0.3) is 0 Å². The van der Waals surface area contributed by atoms with E-state index in [1.807, 2.05) is 0 Å². The molecule has 7 nitrogen and oxygen atoms in total. The summed E-state index contributed by atoms with van der Waals surface area (Å²) in [4.78, 5) is 13.8. The van der Waals surface area contributed by atoms with E-state index in [1.165, 1.54) is 0 Å². The van der Waals surface area contributed by atoms with Crippen molar-refractivity contribution in [2.45, 2.75) is 20.3 Å². The number of hydrogen-bond donors (Lipinski definition) is 2. The third-order valence-electron chi connectivity index (χ3n) is 2.43. The first kappa shape index (κ1) is 13.4. The Bertz CT molecular complexity index is 352. The number of nitrogens with zero attached hydrogens (tertiary/aromatic N) is 3. The van der Waals surface area contributed by atoms with Crippen molar-refractivity contribution in [3.8, 4) is 0 Å². The second-order valence-electron chi connectivity index (χ2n) is 3.69. The van der Waals surface area contributed by atoms with E-state index in [1.54, 1.807) is 0 Å². The van der Waals surface area contributed by atoms with Crippen LogP contribution < -0.4 is 11.1 Å². The van der Waals surface area contributed by atoms with Crippen molar-refractivity contribution in [1.29, 1.82) is 0 Å². The molecule has 1 aromatic rings. The van der Waals surface area contributed by atoms with Gasteiger partial charge in [-0.25, -0.2) is 4.63 Å². The van der Waals surface area contributed by atoms with Crippen molar-refractivity contribution in [1.82, 2.24) is 20.5 Å². The van der Waals surface area contributed by atoms with E-state index < -0.39 is 0 Å². The summed E-state index contributed by atoms with van der Waals surface area (Å²) in [6.45, 7) is 7.58. The Balaban J connectivity index is 2.31. The zero-order chi connectivity index (χ0) is 12.7. The summed E-state index contributed by atoms with van der Waals surface area (Å²) in [5, 5.41) is 9.51. The molecule has 0 bridgehead atoms. The van der Waals surface area contributed by atoms with Gasteiger partial charge in [0.15, 0.2) is 0 Å². The van der Waals surface area contributed by atoms with Gasteiger partial charge in [0, 0.05) is 13.1 Å². The first-order valence-electron chi connectivity index (χ1n) is 5.77. The first-order chi connectivity index (χ1) is 8.19. The number of amides is 1. The molecule has 0 fully saturated rings. The van der Waals surface area contributed by atoms with Gasteiger partial charge >= 0.3 is 0 Å². The number of likely N-dealkylation sites (N-methyl/N-ethyl adjacent to an activating group) is 1. The molecular weight excluding hydrogens is 222 g/mol. The molecule has 0 aromatic carbocycles. The highest BCUT2D eigenvalue weighted by Crippen LogP contribution is 2.02. The van der Waals surface area contributed by atoms with Gasteiger partial charge in [0.05, 0.1) is 0 Å². The predicted octanol–water partition coefficient (Wildman–Crippen LogP) is 0.114. The Morgan fingerprint density at radius 1 is 1.41 bits per heavy atom. The lowest BCUT2D eigenvalue weighted by Gasteiger charge is -2.19. The van der Waals surface area contributed by atoms with E-state index in [9.17, 15) is 4.79 Å². The molecule has 7 heteroatoms. The van der Waals surface area contributed by atoms with Crippen LogP contribution in [0.2, 0.25) is 0 Å². The lowest BCUT2D eigenvalue weighted by Crippen LogP contribution is -2.35. The van der Waals surface area contributed by atoms with E-state index in [0.717, 1.165) is 26.1 Å². The molecule has 0 aliphatic carbocycles. The molecule has 1 aromatic heterocycles. The molecule has 1 heterocycles. The van der Waals surface area contributed by atoms with Crippen molar-refractivity contribution < 1.29 is 9.42 Å². The van der Waals surface area contributed by atoms with Crippen LogP contribution in [0.5, 0.6) is 0 Å². The molecule has 1 rings (SSSR count). The molecule has 0 aliphatic heterocycles. The number of nitrogens with two attached hydrogens (primary N) is 1. The second kappa shape index (κ2) is 6.85. The highest BCUT2D eigenvalue weighted by molar-refractivity contribution is 5.95. The summed E-state index contributed by atoms with van der Waals surface area (Å²) in [6, 6.07) is 0. The van der Waals surface area contributed by atoms with Crippen LogP contribution >= 0.6 is 0 Å². The fourth-order valence-electron chi connectivity index (χ4n) is 1.51. The van der Waals surface area contributed by atoms with Crippen LogP contribution in [0, 0.1) is 0 Å². The summed E-state index contributed by atoms with van der Waals surface area (Å²) >= 11 is 0. The lowest BCUT2D eigenvalue weighted by molar-refractivity contribution is 0.0939. The maximum absolute atomic E-state index is 11.6. The predicted molar refractivity (Wildman–Crippen MR) is 63.4 cm³/mol. The summed E-state index contributed by atoms with van der Waals surface area (Å²) in [5.74, 6) is -0.334. The molecule has 0 saturated heterocycles. The quantitative estimate of drug-likeness (QED) is 0.703.